The van der Waals surface area contributed by atoms with Gasteiger partial charge in [0.25, 0.3) is 6.48 Å². The van der Waals surface area contributed by atoms with Gasteiger partial charge in [-0.3, -0.25) is 14.3 Å². The molecule has 372 valence electrons. The molecule has 3 heterocycles. The number of methoxy groups -OCH3 is 2. The van der Waals surface area contributed by atoms with Crippen molar-refractivity contribution < 1.29 is 77.4 Å². The summed E-state index contributed by atoms with van der Waals surface area (Å²) in [7, 11) is 4.71. The Morgan fingerprint density at radius 3 is 2.20 bits per heavy atom. The van der Waals surface area contributed by atoms with Gasteiger partial charge in [0.1, 0.15) is 36.3 Å². The summed E-state index contributed by atoms with van der Waals surface area (Å²) in [6.07, 6.45) is -9.44. The van der Waals surface area contributed by atoms with Crippen LogP contribution in [0.1, 0.15) is 100 Å². The number of hydrogen-bond donors (Lipinski definition) is 5. The standard InChI is InChI=1S/C47H78N2O16/c1-14-34-46(9,56)38(52)28(4)35(50)26(2)24-45(8,57-12)40(29(5)37(30(6)41(54)62-34)63-44-61-31(7)39(53)47(10,58-13)65-44)64-42-36(51)33(23-27(3)60-42)49(11)22-18-21-48-43(55)59-25-32-19-16-15-17-20-32/h15-17,19-20,26-31,33-34,36-40,42,44,51-53,56H,14,18,21-25H2,1-13H3,(H,48,55)/t26-,27-,28+,29+,30-,31+,33+,34-,36-,37+,38-,39+,40-,42+,44+,45+,46-,47-/m1/s1. The van der Waals surface area contributed by atoms with E-state index in [0.717, 1.165) is 5.56 Å². The largest absolute Gasteiger partial charge is 0.459 e. The molecule has 3 fully saturated rings. The van der Waals surface area contributed by atoms with Crippen molar-refractivity contribution in [1.29, 1.82) is 0 Å². The molecule has 4 rings (SSSR count). The van der Waals surface area contributed by atoms with Crippen molar-refractivity contribution in [2.75, 3.05) is 34.4 Å². The monoisotopic (exact) mass is 927 g/mol. The third kappa shape index (κ3) is 13.2. The molecule has 18 nitrogen and oxygen atoms in total. The zero-order valence-electron chi connectivity index (χ0n) is 40.6. The molecule has 18 heteroatoms. The van der Waals surface area contributed by atoms with Crippen molar-refractivity contribution in [3.63, 3.8) is 0 Å². The van der Waals surface area contributed by atoms with Crippen LogP contribution in [0.2, 0.25) is 0 Å². The zero-order chi connectivity index (χ0) is 48.6. The topological polar surface area (TPSA) is 230 Å². The van der Waals surface area contributed by atoms with Crippen LogP contribution in [0.5, 0.6) is 0 Å². The molecule has 3 saturated heterocycles. The summed E-state index contributed by atoms with van der Waals surface area (Å²) >= 11 is 0. The first-order valence-electron chi connectivity index (χ1n) is 23.0. The predicted molar refractivity (Wildman–Crippen MR) is 236 cm³/mol. The number of alkyl carbamates (subject to hydrolysis) is 1. The fourth-order valence-electron chi connectivity index (χ4n) is 9.52. The van der Waals surface area contributed by atoms with Gasteiger partial charge in [-0.1, -0.05) is 58.0 Å². The smallest absolute Gasteiger partial charge is 0.407 e. The van der Waals surface area contributed by atoms with Gasteiger partial charge < -0.3 is 68.5 Å². The number of aliphatic hydroxyl groups excluding tert-OH is 3. The van der Waals surface area contributed by atoms with Crippen LogP contribution in [0.4, 0.5) is 4.79 Å². The molecule has 65 heavy (non-hydrogen) atoms. The second-order valence-corrected chi connectivity index (χ2v) is 19.0. The van der Waals surface area contributed by atoms with E-state index in [2.05, 4.69) is 5.32 Å². The second kappa shape index (κ2) is 23.4. The van der Waals surface area contributed by atoms with E-state index in [4.69, 9.17) is 42.6 Å². The quantitative estimate of drug-likeness (QED) is 0.132. The van der Waals surface area contributed by atoms with Crippen LogP contribution in [-0.4, -0.2) is 162 Å². The van der Waals surface area contributed by atoms with E-state index in [1.165, 1.54) is 35.0 Å². The number of carbonyl (C=O) groups is 3. The van der Waals surface area contributed by atoms with Crippen molar-refractivity contribution in [2.45, 2.75) is 186 Å². The number of nitrogens with one attached hydrogen (secondary N) is 1. The highest BCUT2D eigenvalue weighted by Crippen LogP contribution is 2.41. The van der Waals surface area contributed by atoms with Crippen LogP contribution in [-0.2, 0) is 58.8 Å². The maximum atomic E-state index is 14.3. The van der Waals surface area contributed by atoms with Gasteiger partial charge in [-0.15, -0.1) is 0 Å². The number of ether oxygens (including phenoxy) is 9. The van der Waals surface area contributed by atoms with Crippen molar-refractivity contribution >= 4 is 17.8 Å². The van der Waals surface area contributed by atoms with Crippen molar-refractivity contribution in [2.24, 2.45) is 23.7 Å². The molecule has 1 aromatic rings. The number of benzene rings is 1. The molecule has 1 amide bonds. The van der Waals surface area contributed by atoms with Gasteiger partial charge in [0.2, 0.25) is 0 Å². The Morgan fingerprint density at radius 1 is 0.923 bits per heavy atom. The fraction of sp³-hybridized carbons (Fsp3) is 0.809. The van der Waals surface area contributed by atoms with Gasteiger partial charge in [-0.2, -0.15) is 0 Å². The lowest BCUT2D eigenvalue weighted by Gasteiger charge is -2.49. The first kappa shape index (κ1) is 54.8. The van der Waals surface area contributed by atoms with Gasteiger partial charge in [0.05, 0.1) is 42.0 Å². The number of amides is 1. The molecule has 0 radical (unpaired) electrons. The Balaban J connectivity index is 1.67. The molecule has 0 bridgehead atoms. The number of nitrogens with zero attached hydrogens (tertiary/aromatic N) is 1. The molecule has 0 aliphatic carbocycles. The van der Waals surface area contributed by atoms with E-state index in [1.807, 2.05) is 49.2 Å². The lowest BCUT2D eigenvalue weighted by molar-refractivity contribution is -0.454. The number of aliphatic hydroxyl groups is 4. The number of rotatable bonds is 14. The normalized spacial score (nSPS) is 41.4. The summed E-state index contributed by atoms with van der Waals surface area (Å²) in [5, 5.41) is 49.0. The van der Waals surface area contributed by atoms with Crippen molar-refractivity contribution in [1.82, 2.24) is 10.2 Å². The second-order valence-electron chi connectivity index (χ2n) is 19.0. The molecule has 0 aromatic heterocycles. The minimum Gasteiger partial charge on any atom is -0.459 e. The summed E-state index contributed by atoms with van der Waals surface area (Å²) in [5.74, 6) is -6.59. The average molecular weight is 927 g/mol. The number of Topliss-reactive ketones (excluding diaryl/α,β-unsaturated/α-hetero) is 1. The molecule has 0 saturated carbocycles. The average Bonchev–Trinajstić information content (AvgIpc) is 3.28. The Kier molecular flexibility index (Phi) is 19.7. The fourth-order valence-corrected chi connectivity index (χ4v) is 9.52. The summed E-state index contributed by atoms with van der Waals surface area (Å²) in [6, 6.07) is 8.92. The third-order valence-corrected chi connectivity index (χ3v) is 13.9. The minimum atomic E-state index is -2.03. The summed E-state index contributed by atoms with van der Waals surface area (Å²) in [6.45, 7) is 15.9. The van der Waals surface area contributed by atoms with Crippen LogP contribution in [0.15, 0.2) is 30.3 Å². The lowest BCUT2D eigenvalue weighted by atomic mass is 9.74. The Hall–Kier alpha value is -2.85. The van der Waals surface area contributed by atoms with Crippen molar-refractivity contribution in [3.05, 3.63) is 35.9 Å². The van der Waals surface area contributed by atoms with E-state index in [9.17, 15) is 34.8 Å². The predicted octanol–water partition coefficient (Wildman–Crippen LogP) is 3.67. The van der Waals surface area contributed by atoms with Gasteiger partial charge in [0, 0.05) is 44.6 Å². The Labute approximate surface area is 384 Å². The molecule has 0 unspecified atom stereocenters. The highest BCUT2D eigenvalue weighted by molar-refractivity contribution is 5.83. The summed E-state index contributed by atoms with van der Waals surface area (Å²) in [4.78, 5) is 42.9. The number of ketones is 1. The highest BCUT2D eigenvalue weighted by Gasteiger charge is 2.54. The van der Waals surface area contributed by atoms with Crippen LogP contribution < -0.4 is 5.32 Å². The number of hydrogen-bond acceptors (Lipinski definition) is 17. The van der Waals surface area contributed by atoms with Gasteiger partial charge in [-0.05, 0) is 86.4 Å². The summed E-state index contributed by atoms with van der Waals surface area (Å²) < 4.78 is 55.0. The van der Waals surface area contributed by atoms with Gasteiger partial charge >= 0.3 is 12.1 Å². The minimum absolute atomic E-state index is 0.0309. The molecule has 3 aliphatic heterocycles. The first-order chi connectivity index (χ1) is 30.4. The number of likely N-dealkylation sites (N-methyl/N-ethyl adjacent to an activating group) is 1. The Morgan fingerprint density at radius 2 is 1.58 bits per heavy atom. The van der Waals surface area contributed by atoms with E-state index in [1.54, 1.807) is 41.5 Å². The molecule has 1 aromatic carbocycles. The zero-order valence-corrected chi connectivity index (χ0v) is 40.6. The summed E-state index contributed by atoms with van der Waals surface area (Å²) in [5.41, 5.74) is -2.52. The van der Waals surface area contributed by atoms with E-state index < -0.39 is 120 Å². The van der Waals surface area contributed by atoms with Gasteiger partial charge in [0.15, 0.2) is 12.1 Å². The molecule has 5 N–H and O–H groups in total. The lowest BCUT2D eigenvalue weighted by Crippen LogP contribution is -2.62. The van der Waals surface area contributed by atoms with Crippen LogP contribution in [0.25, 0.3) is 0 Å². The highest BCUT2D eigenvalue weighted by atomic mass is 16.9. The number of carbonyl (C=O) groups excluding carboxylic acids is 3. The SMILES string of the molecule is CC[C@H]1OC(=O)[C@H](C)[C@@H](O[C@@H]2O[C@@H](C)[C@H](O)[C@](C)(OC)O2)[C@H](C)[C@@H](O[C@@H]2O[C@H](C)C[C@H](N(C)CCCNC(=O)OCc3ccccc3)[C@H]2O)[C@@](C)(OC)C[C@@H](C)C(=O)[C@H](C)[C@@H](O)[C@]1(C)O. The molecular formula is C47H78N2O16. The number of cyclic esters (lactones) is 1. The maximum absolute atomic E-state index is 14.3. The maximum Gasteiger partial charge on any atom is 0.407 e. The molecular weight excluding hydrogens is 849 g/mol. The van der Waals surface area contributed by atoms with Crippen LogP contribution in [0, 0.1) is 23.7 Å². The molecule has 3 aliphatic rings. The number of esters is 1. The first-order valence-corrected chi connectivity index (χ1v) is 23.0. The molecule has 0 spiro atoms. The van der Waals surface area contributed by atoms with E-state index in [0.29, 0.717) is 25.9 Å². The van der Waals surface area contributed by atoms with E-state index in [-0.39, 0.29) is 25.2 Å². The molecule has 18 atom stereocenters. The third-order valence-electron chi connectivity index (χ3n) is 13.9. The van der Waals surface area contributed by atoms with Crippen LogP contribution >= 0.6 is 0 Å². The van der Waals surface area contributed by atoms with Crippen molar-refractivity contribution in [3.8, 4) is 0 Å². The van der Waals surface area contributed by atoms with E-state index >= 15 is 0 Å². The van der Waals surface area contributed by atoms with Gasteiger partial charge in [-0.25, -0.2) is 4.79 Å². The van der Waals surface area contributed by atoms with Crippen LogP contribution in [0.3, 0.4) is 0 Å². The Bertz CT molecular complexity index is 1670.